The lowest BCUT2D eigenvalue weighted by molar-refractivity contribution is 0.333. The first-order chi connectivity index (χ1) is 6.79. The van der Waals surface area contributed by atoms with Gasteiger partial charge in [-0.3, -0.25) is 0 Å². The van der Waals surface area contributed by atoms with Crippen LogP contribution in [0, 0.1) is 11.8 Å². The van der Waals surface area contributed by atoms with E-state index in [9.17, 15) is 0 Å². The van der Waals surface area contributed by atoms with E-state index in [4.69, 9.17) is 0 Å². The molecule has 2 aliphatic rings. The monoisotopic (exact) mass is 213 g/mol. The molecule has 0 amide bonds. The Bertz CT molecular complexity index is 183. The van der Waals surface area contributed by atoms with Crippen LogP contribution in [-0.2, 0) is 0 Å². The largest absolute Gasteiger partial charge is 0.310 e. The van der Waals surface area contributed by atoms with E-state index in [1.165, 1.54) is 37.2 Å². The number of fused-ring (bicyclic) bond motifs is 2. The van der Waals surface area contributed by atoms with E-state index in [0.717, 1.165) is 17.9 Å². The number of hydrogen-bond acceptors (Lipinski definition) is 2. The summed E-state index contributed by atoms with van der Waals surface area (Å²) in [6.45, 7) is 4.59. The van der Waals surface area contributed by atoms with E-state index in [2.05, 4.69) is 30.9 Å². The van der Waals surface area contributed by atoms with Gasteiger partial charge < -0.3 is 5.32 Å². The fourth-order valence-corrected chi connectivity index (χ4v) is 3.84. The van der Waals surface area contributed by atoms with E-state index < -0.39 is 0 Å². The molecule has 0 radical (unpaired) electrons. The van der Waals surface area contributed by atoms with Crippen molar-refractivity contribution in [2.24, 2.45) is 11.8 Å². The van der Waals surface area contributed by atoms with Crippen molar-refractivity contribution in [3.8, 4) is 0 Å². The Kier molecular flexibility index (Phi) is 3.78. The summed E-state index contributed by atoms with van der Waals surface area (Å²) in [6, 6.07) is 1.57. The van der Waals surface area contributed by atoms with Crippen molar-refractivity contribution < 1.29 is 0 Å². The SMILES string of the molecule is CCSCC(C)NC1CC2CCC1C2. The van der Waals surface area contributed by atoms with E-state index in [-0.39, 0.29) is 0 Å². The van der Waals surface area contributed by atoms with Gasteiger partial charge in [0, 0.05) is 17.8 Å². The molecule has 0 saturated heterocycles. The average Bonchev–Trinajstić information content (AvgIpc) is 2.76. The lowest BCUT2D eigenvalue weighted by Crippen LogP contribution is -2.41. The molecule has 4 unspecified atom stereocenters. The third-order valence-electron chi connectivity index (χ3n) is 3.81. The molecule has 0 spiro atoms. The minimum Gasteiger partial charge on any atom is -0.310 e. The molecular formula is C12H23NS. The third kappa shape index (κ3) is 2.46. The highest BCUT2D eigenvalue weighted by molar-refractivity contribution is 7.99. The minimum atomic E-state index is 0.712. The third-order valence-corrected chi connectivity index (χ3v) is 4.95. The molecule has 2 heteroatoms. The van der Waals surface area contributed by atoms with Crippen molar-refractivity contribution in [3.05, 3.63) is 0 Å². The van der Waals surface area contributed by atoms with E-state index >= 15 is 0 Å². The second-order valence-corrected chi connectivity index (χ2v) is 6.33. The van der Waals surface area contributed by atoms with Gasteiger partial charge in [0.05, 0.1) is 0 Å². The minimum absolute atomic E-state index is 0.712. The first kappa shape index (κ1) is 10.8. The van der Waals surface area contributed by atoms with Crippen LogP contribution in [0.1, 0.15) is 39.5 Å². The Hall–Kier alpha value is 0.310. The molecule has 14 heavy (non-hydrogen) atoms. The number of hydrogen-bond donors (Lipinski definition) is 1. The van der Waals surface area contributed by atoms with Gasteiger partial charge in [0.15, 0.2) is 0 Å². The molecule has 2 bridgehead atoms. The zero-order valence-corrected chi connectivity index (χ0v) is 10.3. The maximum atomic E-state index is 3.82. The van der Waals surface area contributed by atoms with Gasteiger partial charge >= 0.3 is 0 Å². The van der Waals surface area contributed by atoms with Crippen LogP contribution in [0.4, 0.5) is 0 Å². The average molecular weight is 213 g/mol. The molecule has 82 valence electrons. The highest BCUT2D eigenvalue weighted by Crippen LogP contribution is 2.44. The van der Waals surface area contributed by atoms with Gasteiger partial charge in [-0.25, -0.2) is 0 Å². The summed E-state index contributed by atoms with van der Waals surface area (Å²) in [5.74, 6) is 4.63. The molecule has 0 aromatic carbocycles. The Morgan fingerprint density at radius 3 is 2.79 bits per heavy atom. The van der Waals surface area contributed by atoms with Gasteiger partial charge in [0.2, 0.25) is 0 Å². The van der Waals surface area contributed by atoms with Crippen molar-refractivity contribution in [3.63, 3.8) is 0 Å². The van der Waals surface area contributed by atoms with Crippen molar-refractivity contribution in [2.45, 2.75) is 51.6 Å². The van der Waals surface area contributed by atoms with E-state index in [1.54, 1.807) is 0 Å². The number of rotatable bonds is 5. The Morgan fingerprint density at radius 1 is 1.36 bits per heavy atom. The molecule has 2 aliphatic carbocycles. The summed E-state index contributed by atoms with van der Waals surface area (Å²) in [6.07, 6.45) is 5.99. The Labute approximate surface area is 92.4 Å². The van der Waals surface area contributed by atoms with E-state index in [1.807, 2.05) is 0 Å². The van der Waals surface area contributed by atoms with E-state index in [0.29, 0.717) is 6.04 Å². The molecule has 0 aromatic heterocycles. The smallest absolute Gasteiger partial charge is 0.0132 e. The van der Waals surface area contributed by atoms with Gasteiger partial charge in [-0.1, -0.05) is 13.3 Å². The second kappa shape index (κ2) is 4.89. The van der Waals surface area contributed by atoms with Crippen LogP contribution in [0.5, 0.6) is 0 Å². The summed E-state index contributed by atoms with van der Waals surface area (Å²) in [7, 11) is 0. The van der Waals surface area contributed by atoms with Crippen molar-refractivity contribution in [1.82, 2.24) is 5.32 Å². The number of nitrogens with one attached hydrogen (secondary N) is 1. The first-order valence-electron chi connectivity index (χ1n) is 6.13. The van der Waals surface area contributed by atoms with Gasteiger partial charge in [-0.2, -0.15) is 11.8 Å². The zero-order valence-electron chi connectivity index (χ0n) is 9.46. The topological polar surface area (TPSA) is 12.0 Å². The molecule has 2 rings (SSSR count). The molecule has 1 N–H and O–H groups in total. The molecule has 0 aliphatic heterocycles. The lowest BCUT2D eigenvalue weighted by Gasteiger charge is -2.26. The molecule has 4 atom stereocenters. The first-order valence-corrected chi connectivity index (χ1v) is 7.28. The predicted molar refractivity (Wildman–Crippen MR) is 64.8 cm³/mol. The van der Waals surface area contributed by atoms with Crippen LogP contribution >= 0.6 is 11.8 Å². The fourth-order valence-electron chi connectivity index (χ4n) is 3.16. The van der Waals surface area contributed by atoms with Gasteiger partial charge in [0.25, 0.3) is 0 Å². The highest BCUT2D eigenvalue weighted by atomic mass is 32.2. The van der Waals surface area contributed by atoms with Crippen LogP contribution in [0.2, 0.25) is 0 Å². The summed E-state index contributed by atoms with van der Waals surface area (Å²) in [5.41, 5.74) is 0. The summed E-state index contributed by atoms with van der Waals surface area (Å²) in [4.78, 5) is 0. The van der Waals surface area contributed by atoms with Gasteiger partial charge in [0.1, 0.15) is 0 Å². The molecule has 0 heterocycles. The summed E-state index contributed by atoms with van der Waals surface area (Å²) < 4.78 is 0. The lowest BCUT2D eigenvalue weighted by atomic mass is 9.95. The maximum Gasteiger partial charge on any atom is 0.0132 e. The van der Waals surface area contributed by atoms with Crippen LogP contribution in [0.25, 0.3) is 0 Å². The summed E-state index contributed by atoms with van der Waals surface area (Å²) in [5, 5.41) is 3.82. The molecule has 1 nitrogen and oxygen atoms in total. The van der Waals surface area contributed by atoms with Crippen molar-refractivity contribution in [1.29, 1.82) is 0 Å². The second-order valence-electron chi connectivity index (χ2n) is 5.01. The van der Waals surface area contributed by atoms with Crippen LogP contribution in [0.15, 0.2) is 0 Å². The predicted octanol–water partition coefficient (Wildman–Crippen LogP) is 2.91. The standard InChI is InChI=1S/C12H23NS/c1-3-14-8-9(2)13-12-7-10-4-5-11(12)6-10/h9-13H,3-8H2,1-2H3. The Balaban J connectivity index is 1.70. The Morgan fingerprint density at radius 2 is 2.21 bits per heavy atom. The van der Waals surface area contributed by atoms with Crippen molar-refractivity contribution in [2.75, 3.05) is 11.5 Å². The highest BCUT2D eigenvalue weighted by Gasteiger charge is 2.39. The van der Waals surface area contributed by atoms with Crippen LogP contribution in [0.3, 0.4) is 0 Å². The van der Waals surface area contributed by atoms with Crippen LogP contribution in [-0.4, -0.2) is 23.6 Å². The van der Waals surface area contributed by atoms with Gasteiger partial charge in [-0.05, 0) is 43.8 Å². The van der Waals surface area contributed by atoms with Crippen LogP contribution < -0.4 is 5.32 Å². The number of thioether (sulfide) groups is 1. The van der Waals surface area contributed by atoms with Crippen molar-refractivity contribution >= 4 is 11.8 Å². The molecular weight excluding hydrogens is 190 g/mol. The normalized spacial score (nSPS) is 37.7. The van der Waals surface area contributed by atoms with Gasteiger partial charge in [-0.15, -0.1) is 0 Å². The molecule has 2 fully saturated rings. The molecule has 2 saturated carbocycles. The zero-order chi connectivity index (χ0) is 9.97. The maximum absolute atomic E-state index is 3.82. The summed E-state index contributed by atoms with van der Waals surface area (Å²) >= 11 is 2.06. The fraction of sp³-hybridized carbons (Fsp3) is 1.00. The molecule has 0 aromatic rings. The quantitative estimate of drug-likeness (QED) is 0.753.